The summed E-state index contributed by atoms with van der Waals surface area (Å²) >= 11 is 0. The highest BCUT2D eigenvalue weighted by atomic mass is 19.1. The van der Waals surface area contributed by atoms with Gasteiger partial charge in [0.15, 0.2) is 11.6 Å². The molecule has 1 N–H and O–H groups in total. The van der Waals surface area contributed by atoms with Gasteiger partial charge in [-0.2, -0.15) is 0 Å². The van der Waals surface area contributed by atoms with Gasteiger partial charge in [-0.05, 0) is 43.9 Å². The molecule has 16 heavy (non-hydrogen) atoms. The molecule has 0 aliphatic heterocycles. The number of hydrogen-bond donors (Lipinski definition) is 1. The quantitative estimate of drug-likeness (QED) is 0.828. The second-order valence-corrected chi connectivity index (χ2v) is 4.52. The number of methoxy groups -OCH3 is 1. The normalized spacial score (nSPS) is 17.2. The summed E-state index contributed by atoms with van der Waals surface area (Å²) in [5.74, 6) is 0.0326. The zero-order valence-corrected chi connectivity index (χ0v) is 9.79. The van der Waals surface area contributed by atoms with E-state index in [0.717, 1.165) is 12.0 Å². The molecule has 1 fully saturated rings. The molecule has 0 bridgehead atoms. The van der Waals surface area contributed by atoms with E-state index in [9.17, 15) is 4.39 Å². The molecule has 0 spiro atoms. The summed E-state index contributed by atoms with van der Waals surface area (Å²) in [5.41, 5.74) is 1.01. The highest BCUT2D eigenvalue weighted by molar-refractivity contribution is 5.29. The van der Waals surface area contributed by atoms with Crippen LogP contribution in [0.15, 0.2) is 18.2 Å². The second-order valence-electron chi connectivity index (χ2n) is 4.52. The van der Waals surface area contributed by atoms with Crippen molar-refractivity contribution in [3.05, 3.63) is 29.6 Å². The fourth-order valence-electron chi connectivity index (χ4n) is 1.90. The number of ether oxygens (including phenoxy) is 1. The fraction of sp³-hybridized carbons (Fsp3) is 0.538. The van der Waals surface area contributed by atoms with Crippen LogP contribution in [0.5, 0.6) is 5.75 Å². The van der Waals surface area contributed by atoms with Crippen LogP contribution in [0.25, 0.3) is 0 Å². The second kappa shape index (κ2) is 4.83. The predicted octanol–water partition coefficient (Wildman–Crippen LogP) is 2.52. The lowest BCUT2D eigenvalue weighted by molar-refractivity contribution is 0.386. The molecule has 0 heterocycles. The summed E-state index contributed by atoms with van der Waals surface area (Å²) in [7, 11) is 1.48. The molecule has 0 aromatic heterocycles. The molecule has 0 radical (unpaired) electrons. The van der Waals surface area contributed by atoms with Crippen molar-refractivity contribution in [1.29, 1.82) is 0 Å². The molecule has 1 atom stereocenters. The Morgan fingerprint density at radius 2 is 2.25 bits per heavy atom. The molecule has 1 aromatic carbocycles. The average Bonchev–Trinajstić information content (AvgIpc) is 3.01. The molecule has 1 aliphatic rings. The van der Waals surface area contributed by atoms with E-state index in [1.807, 2.05) is 6.07 Å². The summed E-state index contributed by atoms with van der Waals surface area (Å²) in [6, 6.07) is 6.27. The number of hydrogen-bond acceptors (Lipinski definition) is 2. The molecule has 0 amide bonds. The Labute approximate surface area is 95.8 Å². The van der Waals surface area contributed by atoms with Crippen molar-refractivity contribution in [3.63, 3.8) is 0 Å². The summed E-state index contributed by atoms with van der Waals surface area (Å²) in [6.45, 7) is 2.14. The third-order valence-electron chi connectivity index (χ3n) is 2.86. The topological polar surface area (TPSA) is 21.3 Å². The van der Waals surface area contributed by atoms with Gasteiger partial charge in [0.2, 0.25) is 0 Å². The van der Waals surface area contributed by atoms with E-state index in [4.69, 9.17) is 4.74 Å². The van der Waals surface area contributed by atoms with Gasteiger partial charge >= 0.3 is 0 Å². The minimum Gasteiger partial charge on any atom is -0.494 e. The monoisotopic (exact) mass is 223 g/mol. The fourth-order valence-corrected chi connectivity index (χ4v) is 1.90. The first-order valence-corrected chi connectivity index (χ1v) is 5.77. The Bertz CT molecular complexity index is 363. The average molecular weight is 223 g/mol. The lowest BCUT2D eigenvalue weighted by Crippen LogP contribution is -2.29. The standard InChI is InChI=1S/C13H18FNO/c1-9(15-11-4-5-11)7-10-3-6-13(16-2)12(14)8-10/h3,6,8-9,11,15H,4-5,7H2,1-2H3. The van der Waals surface area contributed by atoms with Crippen LogP contribution in [0.3, 0.4) is 0 Å². The van der Waals surface area contributed by atoms with Gasteiger partial charge < -0.3 is 10.1 Å². The smallest absolute Gasteiger partial charge is 0.165 e. The summed E-state index contributed by atoms with van der Waals surface area (Å²) in [4.78, 5) is 0. The lowest BCUT2D eigenvalue weighted by Gasteiger charge is -2.13. The molecule has 1 saturated carbocycles. The van der Waals surface area contributed by atoms with E-state index in [0.29, 0.717) is 17.8 Å². The van der Waals surface area contributed by atoms with Gasteiger partial charge in [0, 0.05) is 12.1 Å². The van der Waals surface area contributed by atoms with Gasteiger partial charge in [0.1, 0.15) is 0 Å². The Morgan fingerprint density at radius 1 is 1.50 bits per heavy atom. The first-order chi connectivity index (χ1) is 7.69. The van der Waals surface area contributed by atoms with Crippen molar-refractivity contribution in [2.24, 2.45) is 0 Å². The van der Waals surface area contributed by atoms with Crippen LogP contribution < -0.4 is 10.1 Å². The third kappa shape index (κ3) is 2.95. The highest BCUT2D eigenvalue weighted by Gasteiger charge is 2.22. The number of benzene rings is 1. The van der Waals surface area contributed by atoms with Crippen molar-refractivity contribution >= 4 is 0 Å². The van der Waals surface area contributed by atoms with Crippen molar-refractivity contribution in [2.75, 3.05) is 7.11 Å². The zero-order chi connectivity index (χ0) is 11.5. The van der Waals surface area contributed by atoms with Crippen LogP contribution in [0, 0.1) is 5.82 Å². The summed E-state index contributed by atoms with van der Waals surface area (Å²) < 4.78 is 18.3. The number of rotatable bonds is 5. The zero-order valence-electron chi connectivity index (χ0n) is 9.79. The first kappa shape index (κ1) is 11.4. The predicted molar refractivity (Wildman–Crippen MR) is 62.3 cm³/mol. The minimum atomic E-state index is -0.279. The van der Waals surface area contributed by atoms with Gasteiger partial charge in [-0.25, -0.2) is 4.39 Å². The SMILES string of the molecule is COc1ccc(CC(C)NC2CC2)cc1F. The van der Waals surface area contributed by atoms with Gasteiger partial charge in [-0.1, -0.05) is 6.07 Å². The summed E-state index contributed by atoms with van der Waals surface area (Å²) in [6.07, 6.45) is 3.42. The molecule has 2 rings (SSSR count). The number of nitrogens with one attached hydrogen (secondary N) is 1. The molecule has 1 unspecified atom stereocenters. The third-order valence-corrected chi connectivity index (χ3v) is 2.86. The Balaban J connectivity index is 1.95. The van der Waals surface area contributed by atoms with Crippen molar-refractivity contribution in [2.45, 2.75) is 38.3 Å². The summed E-state index contributed by atoms with van der Waals surface area (Å²) in [5, 5.41) is 3.50. The van der Waals surface area contributed by atoms with Crippen LogP contribution in [0.1, 0.15) is 25.3 Å². The number of halogens is 1. The van der Waals surface area contributed by atoms with E-state index < -0.39 is 0 Å². The van der Waals surface area contributed by atoms with Gasteiger partial charge in [0.25, 0.3) is 0 Å². The largest absolute Gasteiger partial charge is 0.494 e. The molecule has 1 aliphatic carbocycles. The van der Waals surface area contributed by atoms with Crippen molar-refractivity contribution in [1.82, 2.24) is 5.32 Å². The molecular formula is C13H18FNO. The Morgan fingerprint density at radius 3 is 2.81 bits per heavy atom. The van der Waals surface area contributed by atoms with E-state index >= 15 is 0 Å². The van der Waals surface area contributed by atoms with E-state index in [1.165, 1.54) is 20.0 Å². The van der Waals surface area contributed by atoms with Crippen molar-refractivity contribution in [3.8, 4) is 5.75 Å². The maximum Gasteiger partial charge on any atom is 0.165 e. The maximum atomic E-state index is 13.4. The van der Waals surface area contributed by atoms with E-state index in [-0.39, 0.29) is 5.82 Å². The maximum absolute atomic E-state index is 13.4. The first-order valence-electron chi connectivity index (χ1n) is 5.77. The molecular weight excluding hydrogens is 205 g/mol. The highest BCUT2D eigenvalue weighted by Crippen LogP contribution is 2.21. The van der Waals surface area contributed by atoms with Crippen LogP contribution >= 0.6 is 0 Å². The van der Waals surface area contributed by atoms with Crippen LogP contribution in [0.2, 0.25) is 0 Å². The Kier molecular flexibility index (Phi) is 3.44. The molecule has 3 heteroatoms. The molecule has 0 saturated heterocycles. The van der Waals surface area contributed by atoms with Gasteiger partial charge in [-0.3, -0.25) is 0 Å². The molecule has 88 valence electrons. The van der Waals surface area contributed by atoms with E-state index in [2.05, 4.69) is 12.2 Å². The van der Waals surface area contributed by atoms with Gasteiger partial charge in [0.05, 0.1) is 7.11 Å². The minimum absolute atomic E-state index is 0.279. The lowest BCUT2D eigenvalue weighted by atomic mass is 10.1. The van der Waals surface area contributed by atoms with Gasteiger partial charge in [-0.15, -0.1) is 0 Å². The van der Waals surface area contributed by atoms with Crippen LogP contribution in [-0.4, -0.2) is 19.2 Å². The Hall–Kier alpha value is -1.09. The van der Waals surface area contributed by atoms with Crippen LogP contribution in [0.4, 0.5) is 4.39 Å². The molecule has 1 aromatic rings. The van der Waals surface area contributed by atoms with E-state index in [1.54, 1.807) is 12.1 Å². The van der Waals surface area contributed by atoms with Crippen LogP contribution in [-0.2, 0) is 6.42 Å². The van der Waals surface area contributed by atoms with Crippen molar-refractivity contribution < 1.29 is 9.13 Å². The molecule has 2 nitrogen and oxygen atoms in total.